The summed E-state index contributed by atoms with van der Waals surface area (Å²) in [5, 5.41) is 12.5. The standard InChI is InChI=1S/C27H29N5O4S/c1-4-5-12-31-21(28)17(14-18-23(31)29-22-15(2)9-8-13-32(22)26(18)34)24(33)30-25-20(27(35)36-3)16-10-6-7-11-19(16)37-25/h8-9,13-14,28H,4-7,10-12H2,1-3H3,(H,30,33). The fourth-order valence-corrected chi connectivity index (χ4v) is 6.22. The Bertz CT molecular complexity index is 1680. The zero-order valence-corrected chi connectivity index (χ0v) is 22.0. The SMILES string of the molecule is CCCCn1c(=N)c(C(=O)Nc2sc3c(c2C(=O)OC)CCCC3)cc2c(=O)n3cccc(C)c3nc21. The molecule has 10 heteroatoms. The number of hydrogen-bond donors (Lipinski definition) is 2. The van der Waals surface area contributed by atoms with Gasteiger partial charge in [-0.1, -0.05) is 19.4 Å². The first-order valence-corrected chi connectivity index (χ1v) is 13.3. The van der Waals surface area contributed by atoms with Crippen LogP contribution in [-0.2, 0) is 24.1 Å². The Morgan fingerprint density at radius 1 is 1.24 bits per heavy atom. The Labute approximate surface area is 217 Å². The summed E-state index contributed by atoms with van der Waals surface area (Å²) in [6, 6.07) is 5.11. The number of esters is 1. The van der Waals surface area contributed by atoms with Crippen molar-refractivity contribution >= 4 is 44.9 Å². The van der Waals surface area contributed by atoms with Crippen molar-refractivity contribution < 1.29 is 14.3 Å². The summed E-state index contributed by atoms with van der Waals surface area (Å²) in [4.78, 5) is 45.5. The van der Waals surface area contributed by atoms with Gasteiger partial charge in [0.1, 0.15) is 21.8 Å². The Hall–Kier alpha value is -3.79. The van der Waals surface area contributed by atoms with Gasteiger partial charge in [-0.25, -0.2) is 9.78 Å². The Balaban J connectivity index is 1.68. The average molecular weight is 520 g/mol. The van der Waals surface area contributed by atoms with Crippen LogP contribution in [-0.4, -0.2) is 32.9 Å². The number of rotatable bonds is 6. The van der Waals surface area contributed by atoms with E-state index in [0.29, 0.717) is 28.4 Å². The molecule has 192 valence electrons. The van der Waals surface area contributed by atoms with Gasteiger partial charge in [0.25, 0.3) is 11.5 Å². The van der Waals surface area contributed by atoms with Gasteiger partial charge in [-0.3, -0.25) is 19.4 Å². The third-order valence-corrected chi connectivity index (χ3v) is 8.11. The Kier molecular flexibility index (Phi) is 6.68. The van der Waals surface area contributed by atoms with E-state index >= 15 is 0 Å². The number of nitrogens with zero attached hydrogens (tertiary/aromatic N) is 3. The minimum absolute atomic E-state index is 0.0239. The molecule has 4 aromatic rings. The van der Waals surface area contributed by atoms with Gasteiger partial charge in [-0.2, -0.15) is 0 Å². The molecule has 4 heterocycles. The van der Waals surface area contributed by atoms with Gasteiger partial charge < -0.3 is 14.6 Å². The number of amides is 1. The van der Waals surface area contributed by atoms with Crippen molar-refractivity contribution in [2.45, 2.75) is 58.9 Å². The van der Waals surface area contributed by atoms with Crippen LogP contribution < -0.4 is 16.4 Å². The van der Waals surface area contributed by atoms with E-state index in [9.17, 15) is 14.4 Å². The van der Waals surface area contributed by atoms with Gasteiger partial charge in [0, 0.05) is 17.6 Å². The second-order valence-electron chi connectivity index (χ2n) is 9.31. The molecular formula is C27H29N5O4S. The summed E-state index contributed by atoms with van der Waals surface area (Å²) in [6.07, 6.45) is 6.91. The van der Waals surface area contributed by atoms with Crippen molar-refractivity contribution in [1.29, 1.82) is 5.41 Å². The number of anilines is 1. The molecule has 2 N–H and O–H groups in total. The van der Waals surface area contributed by atoms with Crippen molar-refractivity contribution in [3.8, 4) is 0 Å². The van der Waals surface area contributed by atoms with E-state index in [2.05, 4.69) is 5.32 Å². The van der Waals surface area contributed by atoms with Gasteiger partial charge >= 0.3 is 5.97 Å². The fraction of sp³-hybridized carbons (Fsp3) is 0.370. The van der Waals surface area contributed by atoms with Gasteiger partial charge in [0.05, 0.1) is 23.6 Å². The number of methoxy groups -OCH3 is 1. The second-order valence-corrected chi connectivity index (χ2v) is 10.4. The van der Waals surface area contributed by atoms with Crippen molar-refractivity contribution in [3.05, 3.63) is 67.4 Å². The molecule has 0 bridgehead atoms. The van der Waals surface area contributed by atoms with Crippen molar-refractivity contribution in [3.63, 3.8) is 0 Å². The van der Waals surface area contributed by atoms with Crippen LogP contribution in [0.25, 0.3) is 16.7 Å². The summed E-state index contributed by atoms with van der Waals surface area (Å²) in [5.74, 6) is -1.03. The minimum Gasteiger partial charge on any atom is -0.465 e. The predicted octanol–water partition coefficient (Wildman–Crippen LogP) is 4.22. The van der Waals surface area contributed by atoms with Gasteiger partial charge in [0.15, 0.2) is 0 Å². The summed E-state index contributed by atoms with van der Waals surface area (Å²) in [6.45, 7) is 4.37. The second kappa shape index (κ2) is 9.93. The van der Waals surface area contributed by atoms with Crippen LogP contribution in [0, 0.1) is 12.3 Å². The highest BCUT2D eigenvalue weighted by Gasteiger charge is 2.28. The number of pyridine rings is 2. The quantitative estimate of drug-likeness (QED) is 0.292. The lowest BCUT2D eigenvalue weighted by Crippen LogP contribution is -2.32. The van der Waals surface area contributed by atoms with Crippen LogP contribution in [0.2, 0.25) is 0 Å². The number of unbranched alkanes of at least 4 members (excludes halogenated alkanes) is 1. The van der Waals surface area contributed by atoms with Gasteiger partial charge in [0.2, 0.25) is 0 Å². The Morgan fingerprint density at radius 3 is 2.78 bits per heavy atom. The number of nitrogens with one attached hydrogen (secondary N) is 2. The monoisotopic (exact) mass is 519 g/mol. The zero-order valence-electron chi connectivity index (χ0n) is 21.1. The molecule has 0 saturated heterocycles. The van der Waals surface area contributed by atoms with Crippen molar-refractivity contribution in [2.75, 3.05) is 12.4 Å². The Morgan fingerprint density at radius 2 is 2.03 bits per heavy atom. The molecule has 1 aliphatic rings. The van der Waals surface area contributed by atoms with E-state index in [4.69, 9.17) is 15.1 Å². The lowest BCUT2D eigenvalue weighted by molar-refractivity contribution is 0.0601. The normalized spacial score (nSPS) is 13.1. The number of ether oxygens (including phenoxy) is 1. The molecule has 0 aromatic carbocycles. The molecule has 0 spiro atoms. The largest absolute Gasteiger partial charge is 0.465 e. The molecule has 37 heavy (non-hydrogen) atoms. The number of hydrogen-bond acceptors (Lipinski definition) is 7. The number of carbonyl (C=O) groups is 2. The molecule has 0 radical (unpaired) electrons. The average Bonchev–Trinajstić information content (AvgIpc) is 3.26. The van der Waals surface area contributed by atoms with E-state index in [0.717, 1.165) is 54.5 Å². The predicted molar refractivity (Wildman–Crippen MR) is 143 cm³/mol. The first-order valence-electron chi connectivity index (χ1n) is 12.5. The van der Waals surface area contributed by atoms with Crippen LogP contribution in [0.3, 0.4) is 0 Å². The molecular weight excluding hydrogens is 490 g/mol. The maximum Gasteiger partial charge on any atom is 0.341 e. The number of thiophene rings is 1. The topological polar surface area (TPSA) is 119 Å². The van der Waals surface area contributed by atoms with E-state index < -0.39 is 11.9 Å². The summed E-state index contributed by atoms with van der Waals surface area (Å²) >= 11 is 1.38. The van der Waals surface area contributed by atoms with Crippen molar-refractivity contribution in [1.82, 2.24) is 14.0 Å². The van der Waals surface area contributed by atoms with E-state index in [1.165, 1.54) is 28.9 Å². The molecule has 0 fully saturated rings. The fourth-order valence-electron chi connectivity index (χ4n) is 4.95. The van der Waals surface area contributed by atoms with Crippen LogP contribution in [0.1, 0.15) is 69.3 Å². The zero-order chi connectivity index (χ0) is 26.3. The van der Waals surface area contributed by atoms with Crippen LogP contribution in [0.4, 0.5) is 5.00 Å². The molecule has 0 atom stereocenters. The number of fused-ring (bicyclic) bond motifs is 3. The van der Waals surface area contributed by atoms with Gasteiger partial charge in [-0.05, 0) is 62.3 Å². The third-order valence-electron chi connectivity index (χ3n) is 6.90. The summed E-state index contributed by atoms with van der Waals surface area (Å²) in [5.41, 5.74) is 2.81. The maximum absolute atomic E-state index is 13.6. The highest BCUT2D eigenvalue weighted by molar-refractivity contribution is 7.17. The first-order chi connectivity index (χ1) is 17.8. The summed E-state index contributed by atoms with van der Waals surface area (Å²) in [7, 11) is 1.33. The number of aromatic nitrogens is 3. The molecule has 4 aromatic heterocycles. The number of carbonyl (C=O) groups excluding carboxylic acids is 2. The minimum atomic E-state index is -0.547. The third kappa shape index (κ3) is 4.25. The smallest absolute Gasteiger partial charge is 0.341 e. The van der Waals surface area contributed by atoms with Crippen LogP contribution >= 0.6 is 11.3 Å². The molecule has 0 aliphatic heterocycles. The number of aryl methyl sites for hydroxylation is 3. The van der Waals surface area contributed by atoms with Crippen molar-refractivity contribution in [2.24, 2.45) is 0 Å². The van der Waals surface area contributed by atoms with E-state index in [-0.39, 0.29) is 22.0 Å². The molecule has 1 aliphatic carbocycles. The molecule has 0 unspecified atom stereocenters. The molecule has 5 rings (SSSR count). The first kappa shape index (κ1) is 24.9. The lowest BCUT2D eigenvalue weighted by Gasteiger charge is -2.15. The molecule has 9 nitrogen and oxygen atoms in total. The van der Waals surface area contributed by atoms with Gasteiger partial charge in [-0.15, -0.1) is 11.3 Å². The van der Waals surface area contributed by atoms with E-state index in [1.54, 1.807) is 16.8 Å². The highest BCUT2D eigenvalue weighted by Crippen LogP contribution is 2.38. The molecule has 0 saturated carbocycles. The van der Waals surface area contributed by atoms with E-state index in [1.807, 2.05) is 19.9 Å². The molecule has 1 amide bonds. The lowest BCUT2D eigenvalue weighted by atomic mass is 9.95. The highest BCUT2D eigenvalue weighted by atomic mass is 32.1. The van der Waals surface area contributed by atoms with Crippen LogP contribution in [0.15, 0.2) is 29.2 Å². The maximum atomic E-state index is 13.6. The summed E-state index contributed by atoms with van der Waals surface area (Å²) < 4.78 is 8.13. The van der Waals surface area contributed by atoms with Crippen LogP contribution in [0.5, 0.6) is 0 Å².